The minimum atomic E-state index is 0.828. The van der Waals surface area contributed by atoms with Gasteiger partial charge in [0.05, 0.1) is 0 Å². The topological polar surface area (TPSA) is 0 Å². The third-order valence-electron chi connectivity index (χ3n) is 4.55. The maximum absolute atomic E-state index is 3.93. The van der Waals surface area contributed by atoms with Crippen LogP contribution >= 0.6 is 15.9 Å². The minimum absolute atomic E-state index is 0.828. The van der Waals surface area contributed by atoms with Gasteiger partial charge in [-0.3, -0.25) is 0 Å². The Balaban J connectivity index is 1.95. The van der Waals surface area contributed by atoms with Gasteiger partial charge in [0, 0.05) is 4.83 Å². The van der Waals surface area contributed by atoms with E-state index < -0.39 is 0 Å². The molecule has 2 fully saturated rings. The van der Waals surface area contributed by atoms with E-state index in [-0.39, 0.29) is 0 Å². The lowest BCUT2D eigenvalue weighted by atomic mass is 9.68. The Morgan fingerprint density at radius 1 is 0.867 bits per heavy atom. The molecule has 0 aromatic heterocycles. The Morgan fingerprint density at radius 3 is 2.07 bits per heavy atom. The molecule has 2 rings (SSSR count). The van der Waals surface area contributed by atoms with E-state index in [0.717, 1.165) is 28.5 Å². The standard InChI is InChI=1S/C14H25Br/c1-10-7-11(2)9-12(8-10)13-5-3-4-6-14(13)15/h10-14H,3-9H2,1-2H3. The first-order chi connectivity index (χ1) is 7.16. The van der Waals surface area contributed by atoms with Crippen LogP contribution in [0.3, 0.4) is 0 Å². The number of hydrogen-bond donors (Lipinski definition) is 0. The molecule has 4 atom stereocenters. The predicted molar refractivity (Wildman–Crippen MR) is 70.3 cm³/mol. The summed E-state index contributed by atoms with van der Waals surface area (Å²) in [6.07, 6.45) is 10.3. The maximum Gasteiger partial charge on any atom is 0.0176 e. The molecule has 0 aromatic carbocycles. The lowest BCUT2D eigenvalue weighted by Crippen LogP contribution is -2.32. The van der Waals surface area contributed by atoms with Crippen LogP contribution in [0, 0.1) is 23.7 Å². The van der Waals surface area contributed by atoms with Crippen molar-refractivity contribution in [1.29, 1.82) is 0 Å². The summed E-state index contributed by atoms with van der Waals surface area (Å²) in [7, 11) is 0. The van der Waals surface area contributed by atoms with E-state index in [2.05, 4.69) is 29.8 Å². The van der Waals surface area contributed by atoms with Crippen LogP contribution < -0.4 is 0 Å². The third-order valence-corrected chi connectivity index (χ3v) is 5.69. The summed E-state index contributed by atoms with van der Waals surface area (Å²) in [5.74, 6) is 3.96. The summed E-state index contributed by atoms with van der Waals surface area (Å²) in [4.78, 5) is 0.828. The quantitative estimate of drug-likeness (QED) is 0.589. The van der Waals surface area contributed by atoms with Crippen LogP contribution in [-0.4, -0.2) is 4.83 Å². The molecule has 0 aromatic rings. The molecule has 0 N–H and O–H groups in total. The second-order valence-corrected chi connectivity index (χ2v) is 7.32. The molecule has 0 spiro atoms. The Labute approximate surface area is 103 Å². The van der Waals surface area contributed by atoms with Crippen molar-refractivity contribution >= 4 is 15.9 Å². The fourth-order valence-corrected chi connectivity index (χ4v) is 5.02. The fraction of sp³-hybridized carbons (Fsp3) is 1.00. The van der Waals surface area contributed by atoms with E-state index in [9.17, 15) is 0 Å². The Morgan fingerprint density at radius 2 is 1.47 bits per heavy atom. The summed E-state index contributed by atoms with van der Waals surface area (Å²) in [5.41, 5.74) is 0. The number of halogens is 1. The zero-order valence-corrected chi connectivity index (χ0v) is 11.8. The van der Waals surface area contributed by atoms with Crippen molar-refractivity contribution in [3.05, 3.63) is 0 Å². The van der Waals surface area contributed by atoms with E-state index in [1.165, 1.54) is 44.9 Å². The van der Waals surface area contributed by atoms with Crippen molar-refractivity contribution in [2.45, 2.75) is 63.6 Å². The van der Waals surface area contributed by atoms with Crippen LogP contribution in [0.1, 0.15) is 58.8 Å². The molecular weight excluding hydrogens is 248 g/mol. The van der Waals surface area contributed by atoms with E-state index in [1.54, 1.807) is 0 Å². The first kappa shape index (κ1) is 12.0. The third kappa shape index (κ3) is 2.99. The van der Waals surface area contributed by atoms with E-state index in [0.29, 0.717) is 0 Å². The average Bonchev–Trinajstić information content (AvgIpc) is 2.16. The number of alkyl halides is 1. The largest absolute Gasteiger partial charge is 0.0888 e. The highest BCUT2D eigenvalue weighted by Gasteiger charge is 2.34. The van der Waals surface area contributed by atoms with Gasteiger partial charge in [-0.25, -0.2) is 0 Å². The molecule has 2 saturated carbocycles. The van der Waals surface area contributed by atoms with Crippen molar-refractivity contribution in [2.75, 3.05) is 0 Å². The van der Waals surface area contributed by atoms with Crippen LogP contribution in [0.5, 0.6) is 0 Å². The summed E-state index contributed by atoms with van der Waals surface area (Å²) < 4.78 is 0. The molecule has 15 heavy (non-hydrogen) atoms. The van der Waals surface area contributed by atoms with Gasteiger partial charge in [0.25, 0.3) is 0 Å². The maximum atomic E-state index is 3.93. The summed E-state index contributed by atoms with van der Waals surface area (Å²) >= 11 is 3.93. The molecule has 0 nitrogen and oxygen atoms in total. The molecular formula is C14H25Br. The van der Waals surface area contributed by atoms with Crippen molar-refractivity contribution < 1.29 is 0 Å². The van der Waals surface area contributed by atoms with E-state index in [1.807, 2.05) is 0 Å². The van der Waals surface area contributed by atoms with Gasteiger partial charge in [-0.2, -0.15) is 0 Å². The molecule has 0 aliphatic heterocycles. The van der Waals surface area contributed by atoms with Crippen LogP contribution in [0.4, 0.5) is 0 Å². The van der Waals surface area contributed by atoms with Gasteiger partial charge in [0.2, 0.25) is 0 Å². The van der Waals surface area contributed by atoms with Crippen molar-refractivity contribution in [1.82, 2.24) is 0 Å². The second-order valence-electron chi connectivity index (χ2n) is 6.14. The molecule has 2 aliphatic carbocycles. The molecule has 0 radical (unpaired) electrons. The molecule has 2 aliphatic rings. The van der Waals surface area contributed by atoms with E-state index in [4.69, 9.17) is 0 Å². The summed E-state index contributed by atoms with van der Waals surface area (Å²) in [5, 5.41) is 0. The lowest BCUT2D eigenvalue weighted by molar-refractivity contribution is 0.138. The van der Waals surface area contributed by atoms with Gasteiger partial charge in [-0.05, 0) is 55.8 Å². The van der Waals surface area contributed by atoms with Gasteiger partial charge in [0.15, 0.2) is 0 Å². The SMILES string of the molecule is CC1CC(C)CC(C2CCCCC2Br)C1. The lowest BCUT2D eigenvalue weighted by Gasteiger charge is -2.40. The highest BCUT2D eigenvalue weighted by molar-refractivity contribution is 9.09. The highest BCUT2D eigenvalue weighted by atomic mass is 79.9. The molecule has 1 heteroatoms. The minimum Gasteiger partial charge on any atom is -0.0888 e. The zero-order valence-electron chi connectivity index (χ0n) is 10.2. The van der Waals surface area contributed by atoms with E-state index >= 15 is 0 Å². The van der Waals surface area contributed by atoms with Crippen molar-refractivity contribution in [3.63, 3.8) is 0 Å². The average molecular weight is 273 g/mol. The highest BCUT2D eigenvalue weighted by Crippen LogP contribution is 2.44. The Kier molecular flexibility index (Phi) is 4.15. The van der Waals surface area contributed by atoms with Gasteiger partial charge >= 0.3 is 0 Å². The normalized spacial score (nSPS) is 47.8. The fourth-order valence-electron chi connectivity index (χ4n) is 4.00. The molecule has 88 valence electrons. The number of hydrogen-bond acceptors (Lipinski definition) is 0. The molecule has 0 heterocycles. The van der Waals surface area contributed by atoms with Crippen LogP contribution in [0.2, 0.25) is 0 Å². The monoisotopic (exact) mass is 272 g/mol. The Bertz CT molecular complexity index is 192. The zero-order chi connectivity index (χ0) is 10.8. The molecule has 0 amide bonds. The number of rotatable bonds is 1. The van der Waals surface area contributed by atoms with Crippen LogP contribution in [0.25, 0.3) is 0 Å². The smallest absolute Gasteiger partial charge is 0.0176 e. The van der Waals surface area contributed by atoms with Crippen molar-refractivity contribution in [3.8, 4) is 0 Å². The second kappa shape index (κ2) is 5.21. The Hall–Kier alpha value is 0.480. The van der Waals surface area contributed by atoms with Crippen LogP contribution in [-0.2, 0) is 0 Å². The summed E-state index contributed by atoms with van der Waals surface area (Å²) in [6, 6.07) is 0. The molecule has 0 bridgehead atoms. The van der Waals surface area contributed by atoms with Gasteiger partial charge in [0.1, 0.15) is 0 Å². The summed E-state index contributed by atoms with van der Waals surface area (Å²) in [6.45, 7) is 4.91. The molecule has 0 saturated heterocycles. The predicted octanol–water partition coefficient (Wildman–Crippen LogP) is 5.01. The molecule has 4 unspecified atom stereocenters. The van der Waals surface area contributed by atoms with Gasteiger partial charge < -0.3 is 0 Å². The first-order valence-electron chi connectivity index (χ1n) is 6.81. The first-order valence-corrected chi connectivity index (χ1v) is 7.72. The van der Waals surface area contributed by atoms with Crippen LogP contribution in [0.15, 0.2) is 0 Å². The van der Waals surface area contributed by atoms with Crippen molar-refractivity contribution in [2.24, 2.45) is 23.7 Å². The van der Waals surface area contributed by atoms with Gasteiger partial charge in [-0.1, -0.05) is 42.6 Å². The van der Waals surface area contributed by atoms with Gasteiger partial charge in [-0.15, -0.1) is 0 Å².